The average molecular weight is 296 g/mol. The molecule has 0 unspecified atom stereocenters. The molecule has 2 rings (SSSR count). The van der Waals surface area contributed by atoms with Crippen molar-refractivity contribution < 1.29 is 0 Å². The summed E-state index contributed by atoms with van der Waals surface area (Å²) in [6.07, 6.45) is 5.78. The number of hydrogen-bond donors (Lipinski definition) is 1. The van der Waals surface area contributed by atoms with Crippen LogP contribution in [-0.4, -0.2) is 25.9 Å². The van der Waals surface area contributed by atoms with E-state index in [9.17, 15) is 0 Å². The van der Waals surface area contributed by atoms with Crippen molar-refractivity contribution >= 4 is 11.6 Å². The van der Waals surface area contributed by atoms with Crippen molar-refractivity contribution in [3.05, 3.63) is 34.6 Å². The van der Waals surface area contributed by atoms with Gasteiger partial charge in [-0.15, -0.1) is 0 Å². The second-order valence-electron chi connectivity index (χ2n) is 4.83. The summed E-state index contributed by atoms with van der Waals surface area (Å²) in [5.74, 6) is 1.02. The van der Waals surface area contributed by atoms with Crippen LogP contribution in [0.5, 0.6) is 0 Å². The molecule has 0 fully saturated rings. The van der Waals surface area contributed by atoms with Gasteiger partial charge in [-0.25, -0.2) is 4.98 Å². The van der Waals surface area contributed by atoms with Crippen molar-refractivity contribution in [2.24, 2.45) is 7.05 Å². The van der Waals surface area contributed by atoms with Crippen LogP contribution in [0.3, 0.4) is 0 Å². The first kappa shape index (κ1) is 15.1. The quantitative estimate of drug-likeness (QED) is 0.798. The summed E-state index contributed by atoms with van der Waals surface area (Å²) < 4.78 is 3.98. The van der Waals surface area contributed by atoms with E-state index in [0.29, 0.717) is 6.54 Å². The van der Waals surface area contributed by atoms with Gasteiger partial charge in [0.2, 0.25) is 0 Å². The molecule has 0 aromatic carbocycles. The van der Waals surface area contributed by atoms with Crippen LogP contribution in [0.25, 0.3) is 0 Å². The van der Waals surface area contributed by atoms with Gasteiger partial charge in [0.15, 0.2) is 0 Å². The average Bonchev–Trinajstić information content (AvgIpc) is 2.98. The minimum Gasteiger partial charge on any atom is -0.328 e. The van der Waals surface area contributed by atoms with Crippen molar-refractivity contribution in [2.45, 2.75) is 39.8 Å². The zero-order valence-electron chi connectivity index (χ0n) is 12.4. The molecule has 0 aliphatic rings. The lowest BCUT2D eigenvalue weighted by Crippen LogP contribution is -2.18. The Bertz CT molecular complexity index is 558. The molecule has 0 spiro atoms. The molecule has 0 aliphatic carbocycles. The highest BCUT2D eigenvalue weighted by Crippen LogP contribution is 2.22. The van der Waals surface area contributed by atoms with E-state index < -0.39 is 0 Å². The summed E-state index contributed by atoms with van der Waals surface area (Å²) in [6, 6.07) is 0. The summed E-state index contributed by atoms with van der Waals surface area (Å²) in [7, 11) is 1.94. The van der Waals surface area contributed by atoms with Crippen molar-refractivity contribution in [2.75, 3.05) is 6.54 Å². The lowest BCUT2D eigenvalue weighted by molar-refractivity contribution is 0.597. The minimum absolute atomic E-state index is 0.700. The molecule has 0 aliphatic heterocycles. The van der Waals surface area contributed by atoms with Crippen LogP contribution < -0.4 is 5.32 Å². The van der Waals surface area contributed by atoms with E-state index in [0.717, 1.165) is 48.2 Å². The van der Waals surface area contributed by atoms with Gasteiger partial charge in [0.1, 0.15) is 5.82 Å². The first-order chi connectivity index (χ1) is 9.67. The summed E-state index contributed by atoms with van der Waals surface area (Å²) in [5, 5.41) is 8.59. The van der Waals surface area contributed by atoms with Crippen molar-refractivity contribution in [3.8, 4) is 0 Å². The fraction of sp³-hybridized carbons (Fsp3) is 0.571. The topological polar surface area (TPSA) is 47.7 Å². The number of nitrogens with zero attached hydrogens (tertiary/aromatic N) is 4. The van der Waals surface area contributed by atoms with Crippen molar-refractivity contribution in [3.63, 3.8) is 0 Å². The van der Waals surface area contributed by atoms with Gasteiger partial charge in [-0.1, -0.05) is 25.4 Å². The van der Waals surface area contributed by atoms with Crippen LogP contribution in [-0.2, 0) is 26.6 Å². The third-order valence-corrected chi connectivity index (χ3v) is 3.77. The van der Waals surface area contributed by atoms with Gasteiger partial charge in [0.05, 0.1) is 29.5 Å². The van der Waals surface area contributed by atoms with E-state index in [4.69, 9.17) is 11.6 Å². The number of halogens is 1. The molecule has 110 valence electrons. The fourth-order valence-corrected chi connectivity index (χ4v) is 2.53. The van der Waals surface area contributed by atoms with E-state index in [1.807, 2.05) is 24.1 Å². The predicted octanol–water partition coefficient (Wildman–Crippen LogP) is 2.38. The van der Waals surface area contributed by atoms with Gasteiger partial charge in [-0.2, -0.15) is 5.10 Å². The molecule has 2 aromatic rings. The molecule has 20 heavy (non-hydrogen) atoms. The summed E-state index contributed by atoms with van der Waals surface area (Å²) in [6.45, 7) is 6.69. The second kappa shape index (κ2) is 6.90. The molecule has 0 radical (unpaired) electrons. The zero-order valence-corrected chi connectivity index (χ0v) is 13.1. The maximum Gasteiger partial charge on any atom is 0.123 e. The Morgan fingerprint density at radius 3 is 2.80 bits per heavy atom. The molecular weight excluding hydrogens is 274 g/mol. The molecular formula is C14H22ClN5. The molecule has 2 aromatic heterocycles. The monoisotopic (exact) mass is 295 g/mol. The highest BCUT2D eigenvalue weighted by molar-refractivity contribution is 6.31. The van der Waals surface area contributed by atoms with Gasteiger partial charge in [-0.05, 0) is 19.4 Å². The Labute approximate surface area is 125 Å². The van der Waals surface area contributed by atoms with Gasteiger partial charge in [0.25, 0.3) is 0 Å². The standard InChI is InChI=1S/C14H22ClN5/c1-4-6-16-9-13-17-7-8-20(13)10-12-14(15)11(5-2)18-19(12)3/h7-8,16H,4-6,9-10H2,1-3H3. The highest BCUT2D eigenvalue weighted by atomic mass is 35.5. The first-order valence-electron chi connectivity index (χ1n) is 7.08. The third kappa shape index (κ3) is 3.22. The van der Waals surface area contributed by atoms with Crippen LogP contribution in [0, 0.1) is 0 Å². The van der Waals surface area contributed by atoms with E-state index >= 15 is 0 Å². The van der Waals surface area contributed by atoms with Crippen molar-refractivity contribution in [1.82, 2.24) is 24.6 Å². The van der Waals surface area contributed by atoms with Gasteiger partial charge < -0.3 is 9.88 Å². The molecule has 0 saturated carbocycles. The molecule has 0 saturated heterocycles. The lowest BCUT2D eigenvalue weighted by atomic mass is 10.3. The van der Waals surface area contributed by atoms with Crippen molar-refractivity contribution in [1.29, 1.82) is 0 Å². The van der Waals surface area contributed by atoms with Crippen LogP contribution >= 0.6 is 11.6 Å². The molecule has 0 atom stereocenters. The van der Waals surface area contributed by atoms with E-state index in [2.05, 4.69) is 33.8 Å². The third-order valence-electron chi connectivity index (χ3n) is 3.33. The SMILES string of the molecule is CCCNCc1nccn1Cc1c(Cl)c(CC)nn1C. The number of nitrogens with one attached hydrogen (secondary N) is 1. The largest absolute Gasteiger partial charge is 0.328 e. The molecule has 0 amide bonds. The zero-order chi connectivity index (χ0) is 14.5. The van der Waals surface area contributed by atoms with Crippen LogP contribution in [0.4, 0.5) is 0 Å². The van der Waals surface area contributed by atoms with Gasteiger partial charge in [0, 0.05) is 19.4 Å². The normalized spacial score (nSPS) is 11.2. The molecule has 1 N–H and O–H groups in total. The Balaban J connectivity index is 2.14. The highest BCUT2D eigenvalue weighted by Gasteiger charge is 2.14. The summed E-state index contributed by atoms with van der Waals surface area (Å²) in [5.41, 5.74) is 1.98. The van der Waals surface area contributed by atoms with Crippen LogP contribution in [0.15, 0.2) is 12.4 Å². The lowest BCUT2D eigenvalue weighted by Gasteiger charge is -2.09. The maximum absolute atomic E-state index is 6.39. The number of aryl methyl sites for hydroxylation is 2. The molecule has 6 heteroatoms. The predicted molar refractivity (Wildman–Crippen MR) is 80.9 cm³/mol. The van der Waals surface area contributed by atoms with Crippen LogP contribution in [0.2, 0.25) is 5.02 Å². The van der Waals surface area contributed by atoms with Crippen LogP contribution in [0.1, 0.15) is 37.5 Å². The Morgan fingerprint density at radius 2 is 2.15 bits per heavy atom. The molecule has 2 heterocycles. The Kier molecular flexibility index (Phi) is 5.20. The maximum atomic E-state index is 6.39. The number of aromatic nitrogens is 4. The summed E-state index contributed by atoms with van der Waals surface area (Å²) >= 11 is 6.39. The van der Waals surface area contributed by atoms with Gasteiger partial charge >= 0.3 is 0 Å². The van der Waals surface area contributed by atoms with E-state index in [1.165, 1.54) is 0 Å². The first-order valence-corrected chi connectivity index (χ1v) is 7.46. The van der Waals surface area contributed by atoms with E-state index in [-0.39, 0.29) is 0 Å². The number of rotatable bonds is 7. The Hall–Kier alpha value is -1.33. The summed E-state index contributed by atoms with van der Waals surface area (Å²) in [4.78, 5) is 4.40. The minimum atomic E-state index is 0.700. The number of imidazole rings is 1. The fourth-order valence-electron chi connectivity index (χ4n) is 2.18. The molecule has 5 nitrogen and oxygen atoms in total. The van der Waals surface area contributed by atoms with Gasteiger partial charge in [-0.3, -0.25) is 4.68 Å². The smallest absolute Gasteiger partial charge is 0.123 e. The Morgan fingerprint density at radius 1 is 1.35 bits per heavy atom. The van der Waals surface area contributed by atoms with E-state index in [1.54, 1.807) is 0 Å². The number of hydrogen-bond acceptors (Lipinski definition) is 3. The second-order valence-corrected chi connectivity index (χ2v) is 5.21. The molecule has 0 bridgehead atoms.